The molecule has 0 aromatic rings. The Balaban J connectivity index is 1.65. The Bertz CT molecular complexity index is 221. The van der Waals surface area contributed by atoms with Crippen molar-refractivity contribution in [1.82, 2.24) is 10.2 Å². The number of hydrogen-bond donors (Lipinski definition) is 1. The molecule has 2 saturated heterocycles. The van der Waals surface area contributed by atoms with Crippen LogP contribution in [-0.4, -0.2) is 50.2 Å². The van der Waals surface area contributed by atoms with Gasteiger partial charge in [-0.2, -0.15) is 0 Å². The maximum atomic E-state index is 11.9. The Morgan fingerprint density at radius 3 is 2.88 bits per heavy atom. The third-order valence-corrected chi connectivity index (χ3v) is 3.53. The molecule has 4 nitrogen and oxygen atoms in total. The highest BCUT2D eigenvalue weighted by Crippen LogP contribution is 2.16. The number of rotatable bonds is 3. The highest BCUT2D eigenvalue weighted by atomic mass is 16.5. The van der Waals surface area contributed by atoms with Gasteiger partial charge < -0.3 is 15.0 Å². The second-order valence-corrected chi connectivity index (χ2v) is 4.74. The molecule has 2 fully saturated rings. The molecule has 2 aliphatic rings. The second-order valence-electron chi connectivity index (χ2n) is 4.74. The Labute approximate surface area is 97.3 Å². The Kier molecular flexibility index (Phi) is 4.60. The number of nitrogens with one attached hydrogen (secondary N) is 1. The molecule has 0 aliphatic carbocycles. The van der Waals surface area contributed by atoms with E-state index in [-0.39, 0.29) is 0 Å². The maximum Gasteiger partial charge on any atom is 0.222 e. The van der Waals surface area contributed by atoms with Crippen LogP contribution in [0.1, 0.15) is 25.7 Å². The first-order valence-electron chi connectivity index (χ1n) is 6.42. The van der Waals surface area contributed by atoms with E-state index in [2.05, 4.69) is 5.32 Å². The number of morpholine rings is 1. The van der Waals surface area contributed by atoms with E-state index >= 15 is 0 Å². The molecule has 1 N–H and O–H groups in total. The van der Waals surface area contributed by atoms with Crippen LogP contribution in [0.15, 0.2) is 0 Å². The van der Waals surface area contributed by atoms with Crippen molar-refractivity contribution in [3.63, 3.8) is 0 Å². The molecule has 2 aliphatic heterocycles. The van der Waals surface area contributed by atoms with Gasteiger partial charge in [-0.05, 0) is 38.3 Å². The summed E-state index contributed by atoms with van der Waals surface area (Å²) in [6.07, 6.45) is 4.30. The summed E-state index contributed by atoms with van der Waals surface area (Å²) in [6.45, 7) is 5.21. The van der Waals surface area contributed by atoms with Crippen LogP contribution in [0.2, 0.25) is 0 Å². The topological polar surface area (TPSA) is 41.6 Å². The van der Waals surface area contributed by atoms with Gasteiger partial charge in [0, 0.05) is 19.5 Å². The molecular weight excluding hydrogens is 204 g/mol. The van der Waals surface area contributed by atoms with E-state index in [1.54, 1.807) is 0 Å². The lowest BCUT2D eigenvalue weighted by Gasteiger charge is -2.28. The van der Waals surface area contributed by atoms with E-state index in [0.29, 0.717) is 31.5 Å². The summed E-state index contributed by atoms with van der Waals surface area (Å²) in [5.74, 6) is 1.02. The third kappa shape index (κ3) is 3.46. The molecule has 1 amide bonds. The van der Waals surface area contributed by atoms with Crippen molar-refractivity contribution in [2.24, 2.45) is 5.92 Å². The van der Waals surface area contributed by atoms with Gasteiger partial charge in [-0.25, -0.2) is 0 Å². The van der Waals surface area contributed by atoms with Crippen LogP contribution < -0.4 is 5.32 Å². The quantitative estimate of drug-likeness (QED) is 0.767. The number of carbonyl (C=O) groups excluding carboxylic acids is 1. The lowest BCUT2D eigenvalue weighted by molar-refractivity contribution is -0.135. The van der Waals surface area contributed by atoms with E-state index in [1.807, 2.05) is 4.90 Å². The minimum atomic E-state index is 0.314. The van der Waals surface area contributed by atoms with E-state index in [9.17, 15) is 4.79 Å². The fraction of sp³-hybridized carbons (Fsp3) is 0.917. The zero-order valence-corrected chi connectivity index (χ0v) is 9.91. The summed E-state index contributed by atoms with van der Waals surface area (Å²) in [5, 5.41) is 3.39. The van der Waals surface area contributed by atoms with Gasteiger partial charge in [-0.15, -0.1) is 0 Å². The molecule has 0 aromatic carbocycles. The number of nitrogens with zero attached hydrogens (tertiary/aromatic N) is 1. The normalized spacial score (nSPS) is 26.8. The Morgan fingerprint density at radius 1 is 1.38 bits per heavy atom. The van der Waals surface area contributed by atoms with Crippen LogP contribution in [0.5, 0.6) is 0 Å². The first-order valence-corrected chi connectivity index (χ1v) is 6.42. The summed E-state index contributed by atoms with van der Waals surface area (Å²) >= 11 is 0. The van der Waals surface area contributed by atoms with Crippen molar-refractivity contribution in [2.45, 2.75) is 25.7 Å². The van der Waals surface area contributed by atoms with E-state index in [1.165, 1.54) is 12.8 Å². The fourth-order valence-electron chi connectivity index (χ4n) is 2.47. The number of carbonyl (C=O) groups is 1. The molecule has 0 saturated carbocycles. The zero-order valence-electron chi connectivity index (χ0n) is 9.91. The van der Waals surface area contributed by atoms with Gasteiger partial charge in [0.25, 0.3) is 0 Å². The van der Waals surface area contributed by atoms with Crippen molar-refractivity contribution < 1.29 is 9.53 Å². The predicted octanol–water partition coefficient (Wildman–Crippen LogP) is 0.625. The molecule has 0 aromatic heterocycles. The van der Waals surface area contributed by atoms with Crippen LogP contribution in [0.4, 0.5) is 0 Å². The van der Waals surface area contributed by atoms with Crippen LogP contribution in [-0.2, 0) is 9.53 Å². The third-order valence-electron chi connectivity index (χ3n) is 3.53. The van der Waals surface area contributed by atoms with Gasteiger partial charge in [0.15, 0.2) is 0 Å². The van der Waals surface area contributed by atoms with Crippen LogP contribution in [0.3, 0.4) is 0 Å². The molecule has 0 unspecified atom stereocenters. The van der Waals surface area contributed by atoms with Gasteiger partial charge in [-0.1, -0.05) is 0 Å². The Hall–Kier alpha value is -0.610. The van der Waals surface area contributed by atoms with Gasteiger partial charge in [0.05, 0.1) is 13.2 Å². The Morgan fingerprint density at radius 2 is 2.19 bits per heavy atom. The number of ether oxygens (including phenoxy) is 1. The van der Waals surface area contributed by atoms with Gasteiger partial charge in [0.1, 0.15) is 0 Å². The SMILES string of the molecule is O=C(CC[C@H]1CCCNC1)N1CCOCC1. The molecule has 0 radical (unpaired) electrons. The standard InChI is InChI=1S/C12H22N2O2/c15-12(14-6-8-16-9-7-14)4-3-11-2-1-5-13-10-11/h11,13H,1-10H2/t11-/m1/s1. The molecule has 1 atom stereocenters. The molecular formula is C12H22N2O2. The highest BCUT2D eigenvalue weighted by molar-refractivity contribution is 5.76. The molecule has 16 heavy (non-hydrogen) atoms. The first-order chi connectivity index (χ1) is 7.86. The van der Waals surface area contributed by atoms with Crippen molar-refractivity contribution in [3.05, 3.63) is 0 Å². The van der Waals surface area contributed by atoms with Crippen molar-refractivity contribution in [1.29, 1.82) is 0 Å². The van der Waals surface area contributed by atoms with E-state index < -0.39 is 0 Å². The van der Waals surface area contributed by atoms with Crippen molar-refractivity contribution in [3.8, 4) is 0 Å². The average Bonchev–Trinajstić information content (AvgIpc) is 2.38. The monoisotopic (exact) mass is 226 g/mol. The predicted molar refractivity (Wildman–Crippen MR) is 62.2 cm³/mol. The number of piperidine rings is 1. The minimum Gasteiger partial charge on any atom is -0.378 e. The summed E-state index contributed by atoms with van der Waals surface area (Å²) in [5.41, 5.74) is 0. The lowest BCUT2D eigenvalue weighted by Crippen LogP contribution is -2.41. The van der Waals surface area contributed by atoms with E-state index in [0.717, 1.165) is 32.6 Å². The summed E-state index contributed by atoms with van der Waals surface area (Å²) < 4.78 is 5.24. The molecule has 0 bridgehead atoms. The summed E-state index contributed by atoms with van der Waals surface area (Å²) in [7, 11) is 0. The largest absolute Gasteiger partial charge is 0.378 e. The summed E-state index contributed by atoms with van der Waals surface area (Å²) in [4.78, 5) is 13.8. The van der Waals surface area contributed by atoms with Crippen molar-refractivity contribution >= 4 is 5.91 Å². The minimum absolute atomic E-state index is 0.314. The van der Waals surface area contributed by atoms with Gasteiger partial charge >= 0.3 is 0 Å². The molecule has 0 spiro atoms. The maximum absolute atomic E-state index is 11.9. The average molecular weight is 226 g/mol. The van der Waals surface area contributed by atoms with Gasteiger partial charge in [-0.3, -0.25) is 4.79 Å². The second kappa shape index (κ2) is 6.21. The fourth-order valence-corrected chi connectivity index (χ4v) is 2.47. The lowest BCUT2D eigenvalue weighted by atomic mass is 9.94. The van der Waals surface area contributed by atoms with Crippen LogP contribution in [0, 0.1) is 5.92 Å². The van der Waals surface area contributed by atoms with Crippen molar-refractivity contribution in [2.75, 3.05) is 39.4 Å². The highest BCUT2D eigenvalue weighted by Gasteiger charge is 2.19. The van der Waals surface area contributed by atoms with Gasteiger partial charge in [0.2, 0.25) is 5.91 Å². The number of amides is 1. The molecule has 2 heterocycles. The smallest absolute Gasteiger partial charge is 0.222 e. The number of hydrogen-bond acceptors (Lipinski definition) is 3. The van der Waals surface area contributed by atoms with E-state index in [4.69, 9.17) is 4.74 Å². The first kappa shape index (κ1) is 11.9. The molecule has 4 heteroatoms. The molecule has 92 valence electrons. The summed E-state index contributed by atoms with van der Waals surface area (Å²) in [6, 6.07) is 0. The zero-order chi connectivity index (χ0) is 11.2. The van der Waals surface area contributed by atoms with Crippen LogP contribution in [0.25, 0.3) is 0 Å². The molecule has 2 rings (SSSR count). The van der Waals surface area contributed by atoms with Crippen LogP contribution >= 0.6 is 0 Å².